The third kappa shape index (κ3) is 3.22. The van der Waals surface area contributed by atoms with Crippen molar-refractivity contribution < 1.29 is 17.9 Å². The Morgan fingerprint density at radius 3 is 2.60 bits per heavy atom. The molecule has 2 aliphatic carbocycles. The molecular weight excluding hydrogens is 358 g/mol. The summed E-state index contributed by atoms with van der Waals surface area (Å²) in [6.07, 6.45) is 3.67. The first-order valence-corrected chi connectivity index (χ1v) is 10.2. The lowest BCUT2D eigenvalue weighted by Crippen LogP contribution is -2.24. The maximum absolute atomic E-state index is 13.3. The van der Waals surface area contributed by atoms with Gasteiger partial charge in [0.05, 0.1) is 28.6 Å². The van der Waals surface area contributed by atoms with E-state index in [2.05, 4.69) is 4.37 Å². The van der Waals surface area contributed by atoms with Crippen LogP contribution in [0.25, 0.3) is 0 Å². The van der Waals surface area contributed by atoms with Gasteiger partial charge in [-0.05, 0) is 62.7 Å². The van der Waals surface area contributed by atoms with E-state index in [9.17, 15) is 13.2 Å². The van der Waals surface area contributed by atoms with Crippen molar-refractivity contribution in [2.75, 3.05) is 6.61 Å². The lowest BCUT2D eigenvalue weighted by molar-refractivity contribution is 0.103. The number of hydrogen-bond donors (Lipinski definition) is 0. The average Bonchev–Trinajstić information content (AvgIpc) is 3.33. The van der Waals surface area contributed by atoms with E-state index in [0.717, 1.165) is 17.7 Å². The lowest BCUT2D eigenvalue weighted by Gasteiger charge is -2.24. The van der Waals surface area contributed by atoms with Crippen molar-refractivity contribution in [1.82, 2.24) is 4.37 Å². The number of rotatable bonds is 5. The van der Waals surface area contributed by atoms with Gasteiger partial charge in [-0.1, -0.05) is 6.92 Å². The fourth-order valence-corrected chi connectivity index (χ4v) is 4.85. The first-order chi connectivity index (χ1) is 11.9. The van der Waals surface area contributed by atoms with Crippen molar-refractivity contribution in [2.24, 2.45) is 5.92 Å². The Bertz CT molecular complexity index is 922. The molecule has 1 unspecified atom stereocenters. The van der Waals surface area contributed by atoms with Crippen LogP contribution >= 0.6 is 11.5 Å². The molecule has 134 valence electrons. The van der Waals surface area contributed by atoms with Crippen molar-refractivity contribution in [3.8, 4) is 0 Å². The van der Waals surface area contributed by atoms with Crippen molar-refractivity contribution in [3.05, 3.63) is 39.1 Å². The molecule has 1 atom stereocenters. The van der Waals surface area contributed by atoms with Gasteiger partial charge in [-0.15, -0.1) is 0 Å². The number of aryl methyl sites for hydroxylation is 1. The normalized spacial score (nSPS) is 20.6. The summed E-state index contributed by atoms with van der Waals surface area (Å²) >= 11 is 1.39. The highest BCUT2D eigenvalue weighted by Gasteiger charge is 2.35. The quantitative estimate of drug-likeness (QED) is 0.579. The van der Waals surface area contributed by atoms with Crippen LogP contribution in [0, 0.1) is 12.8 Å². The van der Waals surface area contributed by atoms with Crippen LogP contribution in [0.5, 0.6) is 0 Å². The number of Topliss-reactive ketones (excluding diaryl/α,β-unsaturated/α-hetero) is 1. The molecule has 0 spiro atoms. The van der Waals surface area contributed by atoms with Gasteiger partial charge in [-0.2, -0.15) is 12.8 Å². The van der Waals surface area contributed by atoms with Crippen LogP contribution in [0.4, 0.5) is 0 Å². The molecule has 1 aromatic rings. The largest absolute Gasteiger partial charge is 0.497 e. The van der Waals surface area contributed by atoms with Gasteiger partial charge in [0.2, 0.25) is 10.3 Å². The fourth-order valence-electron chi connectivity index (χ4n) is 3.20. The molecule has 1 heterocycles. The number of nitrogens with zero attached hydrogens (tertiary/aromatic N) is 1. The average molecular weight is 380 g/mol. The van der Waals surface area contributed by atoms with Crippen LogP contribution < -0.4 is 0 Å². The predicted molar refractivity (Wildman–Crippen MR) is 98.7 cm³/mol. The molecule has 1 fully saturated rings. The summed E-state index contributed by atoms with van der Waals surface area (Å²) < 4.78 is 33.3. The van der Waals surface area contributed by atoms with Gasteiger partial charge in [0.1, 0.15) is 5.76 Å². The van der Waals surface area contributed by atoms with Crippen LogP contribution in [0.3, 0.4) is 0 Å². The van der Waals surface area contributed by atoms with Gasteiger partial charge < -0.3 is 4.74 Å². The predicted octanol–water partition coefficient (Wildman–Crippen LogP) is 3.45. The van der Waals surface area contributed by atoms with E-state index in [4.69, 9.17) is 4.74 Å². The maximum Gasteiger partial charge on any atom is 0.218 e. The van der Waals surface area contributed by atoms with E-state index in [0.29, 0.717) is 40.7 Å². The van der Waals surface area contributed by atoms with Crippen molar-refractivity contribution in [1.29, 1.82) is 0 Å². The second-order valence-electron chi connectivity index (χ2n) is 6.45. The molecule has 0 bridgehead atoms. The minimum atomic E-state index is -2.40. The highest BCUT2D eigenvalue weighted by atomic mass is 32.2. The zero-order valence-electron chi connectivity index (χ0n) is 14.8. The van der Waals surface area contributed by atoms with Crippen LogP contribution in [-0.4, -0.2) is 30.0 Å². The van der Waals surface area contributed by atoms with Gasteiger partial charge in [0.15, 0.2) is 5.78 Å². The molecule has 0 amide bonds. The molecule has 7 heteroatoms. The summed E-state index contributed by atoms with van der Waals surface area (Å²) in [5.41, 5.74) is 2.46. The summed E-state index contributed by atoms with van der Waals surface area (Å²) in [6, 6.07) is 0. The molecule has 0 aromatic carbocycles. The highest BCUT2D eigenvalue weighted by Crippen LogP contribution is 2.45. The Hall–Kier alpha value is -1.73. The van der Waals surface area contributed by atoms with Crippen molar-refractivity contribution in [3.63, 3.8) is 0 Å². The summed E-state index contributed by atoms with van der Waals surface area (Å²) in [6.45, 7) is 7.70. The molecule has 0 saturated heterocycles. The minimum Gasteiger partial charge on any atom is -0.497 e. The van der Waals surface area contributed by atoms with Gasteiger partial charge in [0.25, 0.3) is 0 Å². The van der Waals surface area contributed by atoms with E-state index >= 15 is 0 Å². The van der Waals surface area contributed by atoms with E-state index in [1.807, 2.05) is 20.8 Å². The molecule has 5 nitrogen and oxygen atoms in total. The molecule has 1 aromatic heterocycles. The molecule has 2 aliphatic rings. The fraction of sp³-hybridized carbons (Fsp3) is 0.500. The number of aromatic nitrogens is 1. The Morgan fingerprint density at radius 1 is 1.36 bits per heavy atom. The molecule has 0 radical (unpaired) electrons. The third-order valence-corrected chi connectivity index (χ3v) is 6.64. The standard InChI is InChI=1S/C18H21NO4S2/c1-5-23-17-9(2)13(8-14(10(17)3)25(21)22)16(20)15-11(4)19-24-18(15)12-6-7-12/h8,10,12H,5-7H2,1-4H3. The zero-order valence-corrected chi connectivity index (χ0v) is 16.4. The third-order valence-electron chi connectivity index (χ3n) is 4.68. The Morgan fingerprint density at radius 2 is 2.04 bits per heavy atom. The SMILES string of the molecule is CCOC1=C(C)C(C(=O)c2c(C)nsc2C2CC2)=CC(=S(=O)=O)C1C. The molecule has 1 saturated carbocycles. The van der Waals surface area contributed by atoms with Crippen LogP contribution in [0.1, 0.15) is 60.5 Å². The van der Waals surface area contributed by atoms with Crippen molar-refractivity contribution >= 4 is 32.5 Å². The van der Waals surface area contributed by atoms with Gasteiger partial charge in [-0.25, -0.2) is 0 Å². The number of carbonyl (C=O) groups excluding carboxylic acids is 1. The second kappa shape index (κ2) is 6.88. The number of carbonyl (C=O) groups is 1. The Balaban J connectivity index is 2.14. The van der Waals surface area contributed by atoms with Gasteiger partial charge in [0, 0.05) is 10.5 Å². The summed E-state index contributed by atoms with van der Waals surface area (Å²) in [4.78, 5) is 14.5. The van der Waals surface area contributed by atoms with E-state index in [1.165, 1.54) is 17.6 Å². The summed E-state index contributed by atoms with van der Waals surface area (Å²) in [5.74, 6) is 0.430. The number of ether oxygens (including phenoxy) is 1. The zero-order chi connectivity index (χ0) is 18.3. The summed E-state index contributed by atoms with van der Waals surface area (Å²) in [5, 5.41) is 0. The van der Waals surface area contributed by atoms with Crippen LogP contribution in [-0.2, 0) is 15.0 Å². The van der Waals surface area contributed by atoms with Gasteiger partial charge in [-0.3, -0.25) is 4.79 Å². The first kappa shape index (κ1) is 18.1. The second-order valence-corrected chi connectivity index (χ2v) is 8.20. The lowest BCUT2D eigenvalue weighted by atomic mass is 9.85. The smallest absolute Gasteiger partial charge is 0.218 e. The molecule has 25 heavy (non-hydrogen) atoms. The monoisotopic (exact) mass is 379 g/mol. The maximum atomic E-state index is 13.3. The van der Waals surface area contributed by atoms with Crippen molar-refractivity contribution in [2.45, 2.75) is 46.5 Å². The minimum absolute atomic E-state index is 0.155. The molecular formula is C18H21NO4S2. The first-order valence-electron chi connectivity index (χ1n) is 8.39. The van der Waals surface area contributed by atoms with E-state index in [1.54, 1.807) is 6.92 Å². The topological polar surface area (TPSA) is 73.3 Å². The highest BCUT2D eigenvalue weighted by molar-refractivity contribution is 7.73. The van der Waals surface area contributed by atoms with Gasteiger partial charge >= 0.3 is 0 Å². The van der Waals surface area contributed by atoms with Crippen LogP contribution in [0.2, 0.25) is 0 Å². The van der Waals surface area contributed by atoms with E-state index in [-0.39, 0.29) is 16.6 Å². The Labute approximate surface area is 153 Å². The number of allylic oxidation sites excluding steroid dienone is 4. The number of ketones is 1. The molecule has 0 N–H and O–H groups in total. The molecule has 0 aliphatic heterocycles. The Kier molecular flexibility index (Phi) is 4.97. The number of hydrogen-bond acceptors (Lipinski definition) is 6. The van der Waals surface area contributed by atoms with Crippen LogP contribution in [0.15, 0.2) is 23.0 Å². The molecule has 3 rings (SSSR count). The summed E-state index contributed by atoms with van der Waals surface area (Å²) in [7, 11) is -2.40. The van der Waals surface area contributed by atoms with E-state index < -0.39 is 10.3 Å².